The fourth-order valence-electron chi connectivity index (χ4n) is 3.98. The molecule has 0 bridgehead atoms. The minimum atomic E-state index is -0.414. The Balaban J connectivity index is 1.94. The number of rotatable bonds is 7. The standard InChI is InChI=1S/C23H35NO2/c1-6-7-8-19-10-13-20(14-11-19)23(26)24(5)18(4)22(25)21-12-9-16(2)17(3)15-21/h9,12,15,18-20H,6-8,10-11,13-14H2,1-5H3. The van der Waals surface area contributed by atoms with Crippen molar-refractivity contribution < 1.29 is 9.59 Å². The number of amides is 1. The van der Waals surface area contributed by atoms with Crippen molar-refractivity contribution in [2.24, 2.45) is 11.8 Å². The summed E-state index contributed by atoms with van der Waals surface area (Å²) in [6, 6.07) is 5.38. The van der Waals surface area contributed by atoms with E-state index in [4.69, 9.17) is 0 Å². The minimum absolute atomic E-state index is 0.0283. The van der Waals surface area contributed by atoms with Crippen molar-refractivity contribution in [1.29, 1.82) is 0 Å². The summed E-state index contributed by atoms with van der Waals surface area (Å²) in [5.74, 6) is 1.05. The van der Waals surface area contributed by atoms with Gasteiger partial charge in [-0.3, -0.25) is 9.59 Å². The second-order valence-electron chi connectivity index (χ2n) is 8.15. The van der Waals surface area contributed by atoms with Crippen LogP contribution in [0.5, 0.6) is 0 Å². The fourth-order valence-corrected chi connectivity index (χ4v) is 3.98. The smallest absolute Gasteiger partial charge is 0.226 e. The Morgan fingerprint density at radius 3 is 2.35 bits per heavy atom. The lowest BCUT2D eigenvalue weighted by Crippen LogP contribution is -2.44. The Morgan fingerprint density at radius 2 is 1.77 bits per heavy atom. The van der Waals surface area contributed by atoms with Gasteiger partial charge in [0.05, 0.1) is 6.04 Å². The van der Waals surface area contributed by atoms with E-state index in [2.05, 4.69) is 6.92 Å². The lowest BCUT2D eigenvalue weighted by molar-refractivity contribution is -0.136. The number of carbonyl (C=O) groups excluding carboxylic acids is 2. The van der Waals surface area contributed by atoms with Crippen LogP contribution >= 0.6 is 0 Å². The van der Waals surface area contributed by atoms with Crippen molar-refractivity contribution in [2.75, 3.05) is 7.05 Å². The summed E-state index contributed by atoms with van der Waals surface area (Å²) in [5, 5.41) is 0. The third-order valence-corrected chi connectivity index (χ3v) is 6.26. The van der Waals surface area contributed by atoms with Gasteiger partial charge in [0.25, 0.3) is 0 Å². The number of hydrogen-bond acceptors (Lipinski definition) is 2. The highest BCUT2D eigenvalue weighted by atomic mass is 16.2. The fraction of sp³-hybridized carbons (Fsp3) is 0.652. The van der Waals surface area contributed by atoms with Crippen LogP contribution in [0.3, 0.4) is 0 Å². The number of hydrogen-bond donors (Lipinski definition) is 0. The Bertz CT molecular complexity index is 629. The minimum Gasteiger partial charge on any atom is -0.335 e. The Kier molecular flexibility index (Phi) is 7.43. The normalized spacial score (nSPS) is 21.3. The van der Waals surface area contributed by atoms with Crippen LogP contribution in [-0.4, -0.2) is 29.7 Å². The molecular formula is C23H35NO2. The van der Waals surface area contributed by atoms with Gasteiger partial charge in [0.15, 0.2) is 5.78 Å². The summed E-state index contributed by atoms with van der Waals surface area (Å²) in [6.07, 6.45) is 8.11. The van der Waals surface area contributed by atoms with Gasteiger partial charge < -0.3 is 4.90 Å². The van der Waals surface area contributed by atoms with Crippen molar-refractivity contribution >= 4 is 11.7 Å². The molecule has 1 saturated carbocycles. The molecule has 0 heterocycles. The summed E-state index contributed by atoms with van der Waals surface area (Å²) in [6.45, 7) is 8.14. The van der Waals surface area contributed by atoms with Gasteiger partial charge in [0, 0.05) is 18.5 Å². The number of Topliss-reactive ketones (excluding diaryl/α,β-unsaturated/α-hetero) is 1. The van der Waals surface area contributed by atoms with E-state index in [9.17, 15) is 9.59 Å². The SMILES string of the molecule is CCCCC1CCC(C(=O)N(C)C(C)C(=O)c2ccc(C)c(C)c2)CC1. The first-order valence-corrected chi connectivity index (χ1v) is 10.2. The van der Waals surface area contributed by atoms with Gasteiger partial charge in [-0.25, -0.2) is 0 Å². The average molecular weight is 358 g/mol. The first-order valence-electron chi connectivity index (χ1n) is 10.2. The molecule has 1 aromatic carbocycles. The maximum absolute atomic E-state index is 12.9. The molecule has 0 radical (unpaired) electrons. The molecule has 1 fully saturated rings. The summed E-state index contributed by atoms with van der Waals surface area (Å²) in [4.78, 5) is 27.4. The number of likely N-dealkylation sites (N-methyl/N-ethyl adjacent to an activating group) is 1. The van der Waals surface area contributed by atoms with E-state index >= 15 is 0 Å². The third-order valence-electron chi connectivity index (χ3n) is 6.26. The van der Waals surface area contributed by atoms with Gasteiger partial charge >= 0.3 is 0 Å². The predicted molar refractivity (Wildman–Crippen MR) is 107 cm³/mol. The molecule has 1 unspecified atom stereocenters. The summed E-state index contributed by atoms with van der Waals surface area (Å²) in [5.41, 5.74) is 2.99. The second-order valence-corrected chi connectivity index (χ2v) is 8.15. The van der Waals surface area contributed by atoms with Crippen molar-refractivity contribution in [3.05, 3.63) is 34.9 Å². The van der Waals surface area contributed by atoms with Gasteiger partial charge in [-0.05, 0) is 69.6 Å². The highest BCUT2D eigenvalue weighted by Crippen LogP contribution is 2.33. The quantitative estimate of drug-likeness (QED) is 0.619. The number of unbranched alkanes of at least 4 members (excludes halogenated alkanes) is 1. The average Bonchev–Trinajstić information content (AvgIpc) is 2.66. The summed E-state index contributed by atoms with van der Waals surface area (Å²) < 4.78 is 0. The first-order chi connectivity index (χ1) is 12.3. The lowest BCUT2D eigenvalue weighted by Gasteiger charge is -2.32. The van der Waals surface area contributed by atoms with E-state index in [-0.39, 0.29) is 17.6 Å². The number of aryl methyl sites for hydroxylation is 2. The van der Waals surface area contributed by atoms with E-state index < -0.39 is 6.04 Å². The highest BCUT2D eigenvalue weighted by molar-refractivity contribution is 6.02. The number of nitrogens with zero attached hydrogens (tertiary/aromatic N) is 1. The Morgan fingerprint density at radius 1 is 1.12 bits per heavy atom. The summed E-state index contributed by atoms with van der Waals surface area (Å²) in [7, 11) is 1.79. The van der Waals surface area contributed by atoms with E-state index in [0.29, 0.717) is 5.56 Å². The van der Waals surface area contributed by atoms with Crippen LogP contribution in [-0.2, 0) is 4.79 Å². The van der Waals surface area contributed by atoms with Crippen molar-refractivity contribution in [1.82, 2.24) is 4.90 Å². The molecule has 1 aliphatic rings. The van der Waals surface area contributed by atoms with Crippen LogP contribution < -0.4 is 0 Å². The molecule has 1 amide bonds. The van der Waals surface area contributed by atoms with Crippen LogP contribution in [0.4, 0.5) is 0 Å². The molecule has 3 nitrogen and oxygen atoms in total. The zero-order valence-corrected chi connectivity index (χ0v) is 17.2. The maximum Gasteiger partial charge on any atom is 0.226 e. The molecule has 3 heteroatoms. The molecule has 0 saturated heterocycles. The monoisotopic (exact) mass is 357 g/mol. The van der Waals surface area contributed by atoms with Gasteiger partial charge in [-0.2, -0.15) is 0 Å². The number of carbonyl (C=O) groups is 2. The molecule has 2 rings (SSSR count). The molecule has 26 heavy (non-hydrogen) atoms. The molecule has 0 aromatic heterocycles. The van der Waals surface area contributed by atoms with Crippen molar-refractivity contribution in [3.8, 4) is 0 Å². The molecule has 1 aromatic rings. The van der Waals surface area contributed by atoms with E-state index in [1.54, 1.807) is 11.9 Å². The van der Waals surface area contributed by atoms with Crippen LogP contribution in [0, 0.1) is 25.7 Å². The van der Waals surface area contributed by atoms with Crippen LogP contribution in [0.15, 0.2) is 18.2 Å². The van der Waals surface area contributed by atoms with Gasteiger partial charge in [-0.1, -0.05) is 38.3 Å². The second kappa shape index (κ2) is 9.34. The van der Waals surface area contributed by atoms with Crippen LogP contribution in [0.25, 0.3) is 0 Å². The van der Waals surface area contributed by atoms with Crippen LogP contribution in [0.2, 0.25) is 0 Å². The first kappa shape index (κ1) is 20.7. The lowest BCUT2D eigenvalue weighted by atomic mass is 9.79. The van der Waals surface area contributed by atoms with Crippen molar-refractivity contribution in [2.45, 2.75) is 78.7 Å². The predicted octanol–water partition coefficient (Wildman–Crippen LogP) is 5.33. The van der Waals surface area contributed by atoms with E-state index in [1.807, 2.05) is 39.0 Å². The topological polar surface area (TPSA) is 37.4 Å². The molecule has 1 atom stereocenters. The van der Waals surface area contributed by atoms with Crippen LogP contribution in [0.1, 0.15) is 80.3 Å². The molecule has 0 N–H and O–H groups in total. The highest BCUT2D eigenvalue weighted by Gasteiger charge is 2.31. The van der Waals surface area contributed by atoms with Crippen molar-refractivity contribution in [3.63, 3.8) is 0 Å². The zero-order chi connectivity index (χ0) is 19.3. The number of benzene rings is 1. The molecule has 144 valence electrons. The molecule has 0 aliphatic heterocycles. The van der Waals surface area contributed by atoms with Gasteiger partial charge in [0.2, 0.25) is 5.91 Å². The zero-order valence-electron chi connectivity index (χ0n) is 17.2. The largest absolute Gasteiger partial charge is 0.335 e. The molecular weight excluding hydrogens is 322 g/mol. The maximum atomic E-state index is 12.9. The number of ketones is 1. The van der Waals surface area contributed by atoms with Gasteiger partial charge in [-0.15, -0.1) is 0 Å². The Hall–Kier alpha value is -1.64. The van der Waals surface area contributed by atoms with E-state index in [0.717, 1.165) is 37.2 Å². The Labute approximate surface area is 159 Å². The molecule has 0 spiro atoms. The third kappa shape index (κ3) is 4.96. The van der Waals surface area contributed by atoms with Gasteiger partial charge in [0.1, 0.15) is 0 Å². The summed E-state index contributed by atoms with van der Waals surface area (Å²) >= 11 is 0. The van der Waals surface area contributed by atoms with E-state index in [1.165, 1.54) is 24.8 Å². The molecule has 1 aliphatic carbocycles.